The number of hydrogen-bond donors (Lipinski definition) is 3. The van der Waals surface area contributed by atoms with Crippen molar-refractivity contribution in [3.8, 4) is 0 Å². The SMILES string of the molecule is CCNC(=NCC(CCO)CC(C)C)NCC(C)N(CC)CC. The minimum absolute atomic E-state index is 0.246. The number of nitrogens with zero attached hydrogens (tertiary/aromatic N) is 2. The molecule has 0 fully saturated rings. The first-order valence-corrected chi connectivity index (χ1v) is 9.35. The summed E-state index contributed by atoms with van der Waals surface area (Å²) in [6, 6.07) is 0.484. The van der Waals surface area contributed by atoms with Gasteiger partial charge >= 0.3 is 0 Å². The molecule has 0 aromatic rings. The Labute approximate surface area is 143 Å². The van der Waals surface area contributed by atoms with Crippen molar-refractivity contribution in [2.45, 2.75) is 60.4 Å². The van der Waals surface area contributed by atoms with Gasteiger partial charge in [0.1, 0.15) is 0 Å². The van der Waals surface area contributed by atoms with Gasteiger partial charge in [-0.1, -0.05) is 27.7 Å². The number of guanidine groups is 1. The number of rotatable bonds is 12. The Bertz CT molecular complexity index is 303. The van der Waals surface area contributed by atoms with Crippen molar-refractivity contribution in [2.75, 3.05) is 39.3 Å². The Kier molecular flexibility index (Phi) is 13.1. The second-order valence-corrected chi connectivity index (χ2v) is 6.68. The van der Waals surface area contributed by atoms with Gasteiger partial charge in [-0.15, -0.1) is 0 Å². The zero-order valence-corrected chi connectivity index (χ0v) is 16.2. The molecule has 2 unspecified atom stereocenters. The fraction of sp³-hybridized carbons (Fsp3) is 0.944. The first kappa shape index (κ1) is 22.2. The van der Waals surface area contributed by atoms with E-state index in [-0.39, 0.29) is 6.61 Å². The lowest BCUT2D eigenvalue weighted by Gasteiger charge is -2.27. The molecule has 23 heavy (non-hydrogen) atoms. The fourth-order valence-electron chi connectivity index (χ4n) is 2.92. The molecule has 0 amide bonds. The molecule has 0 spiro atoms. The first-order valence-electron chi connectivity index (χ1n) is 9.35. The number of nitrogens with one attached hydrogen (secondary N) is 2. The number of aliphatic hydroxyl groups is 1. The maximum absolute atomic E-state index is 9.22. The van der Waals surface area contributed by atoms with Crippen LogP contribution in [-0.4, -0.2) is 61.3 Å². The van der Waals surface area contributed by atoms with Crippen LogP contribution in [0, 0.1) is 11.8 Å². The maximum Gasteiger partial charge on any atom is 0.191 e. The first-order chi connectivity index (χ1) is 11.0. The van der Waals surface area contributed by atoms with Crippen molar-refractivity contribution in [1.29, 1.82) is 0 Å². The van der Waals surface area contributed by atoms with E-state index in [0.29, 0.717) is 17.9 Å². The largest absolute Gasteiger partial charge is 0.396 e. The van der Waals surface area contributed by atoms with Gasteiger partial charge in [-0.2, -0.15) is 0 Å². The van der Waals surface area contributed by atoms with Crippen LogP contribution in [0.3, 0.4) is 0 Å². The maximum atomic E-state index is 9.22. The molecule has 0 aromatic heterocycles. The van der Waals surface area contributed by atoms with Crippen LogP contribution in [0.1, 0.15) is 54.4 Å². The molecule has 2 atom stereocenters. The van der Waals surface area contributed by atoms with E-state index in [0.717, 1.165) is 51.5 Å². The highest BCUT2D eigenvalue weighted by Gasteiger charge is 2.12. The Hall–Kier alpha value is -0.810. The third-order valence-electron chi connectivity index (χ3n) is 4.19. The van der Waals surface area contributed by atoms with Crippen LogP contribution in [0.25, 0.3) is 0 Å². The molecular formula is C18H40N4O. The summed E-state index contributed by atoms with van der Waals surface area (Å²) in [7, 11) is 0. The molecule has 3 N–H and O–H groups in total. The second kappa shape index (κ2) is 13.6. The number of aliphatic imine (C=N–C) groups is 1. The fourth-order valence-corrected chi connectivity index (χ4v) is 2.92. The molecule has 5 heteroatoms. The lowest BCUT2D eigenvalue weighted by Crippen LogP contribution is -2.46. The van der Waals surface area contributed by atoms with Crippen molar-refractivity contribution < 1.29 is 5.11 Å². The molecule has 0 aliphatic carbocycles. The summed E-state index contributed by atoms with van der Waals surface area (Å²) in [5.41, 5.74) is 0. The molecule has 0 saturated heterocycles. The van der Waals surface area contributed by atoms with E-state index in [1.54, 1.807) is 0 Å². The average Bonchev–Trinajstić information content (AvgIpc) is 2.50. The molecule has 0 radical (unpaired) electrons. The molecular weight excluding hydrogens is 288 g/mol. The zero-order chi connectivity index (χ0) is 17.7. The summed E-state index contributed by atoms with van der Waals surface area (Å²) < 4.78 is 0. The molecule has 0 aromatic carbocycles. The van der Waals surface area contributed by atoms with Crippen molar-refractivity contribution in [2.24, 2.45) is 16.8 Å². The Morgan fingerprint density at radius 2 is 1.74 bits per heavy atom. The molecule has 0 saturated carbocycles. The average molecular weight is 329 g/mol. The molecule has 0 aliphatic rings. The van der Waals surface area contributed by atoms with E-state index < -0.39 is 0 Å². The highest BCUT2D eigenvalue weighted by atomic mass is 16.3. The van der Waals surface area contributed by atoms with Gasteiger partial charge in [0.2, 0.25) is 0 Å². The van der Waals surface area contributed by atoms with E-state index in [1.807, 2.05) is 0 Å². The van der Waals surface area contributed by atoms with Crippen molar-refractivity contribution >= 4 is 5.96 Å². The van der Waals surface area contributed by atoms with E-state index in [1.165, 1.54) is 0 Å². The summed E-state index contributed by atoms with van der Waals surface area (Å²) in [5, 5.41) is 16.0. The normalized spacial score (nSPS) is 15.1. The van der Waals surface area contributed by atoms with Crippen LogP contribution in [-0.2, 0) is 0 Å². The van der Waals surface area contributed by atoms with E-state index >= 15 is 0 Å². The van der Waals surface area contributed by atoms with Gasteiger partial charge in [0.25, 0.3) is 0 Å². The van der Waals surface area contributed by atoms with Gasteiger partial charge in [-0.25, -0.2) is 0 Å². The van der Waals surface area contributed by atoms with Crippen LogP contribution < -0.4 is 10.6 Å². The van der Waals surface area contributed by atoms with Gasteiger partial charge in [-0.05, 0) is 51.6 Å². The number of hydrogen-bond acceptors (Lipinski definition) is 3. The molecule has 0 aliphatic heterocycles. The smallest absolute Gasteiger partial charge is 0.191 e. The van der Waals surface area contributed by atoms with E-state index in [2.05, 4.69) is 57.1 Å². The minimum atomic E-state index is 0.246. The molecule has 5 nitrogen and oxygen atoms in total. The molecule has 0 bridgehead atoms. The second-order valence-electron chi connectivity index (χ2n) is 6.68. The van der Waals surface area contributed by atoms with Gasteiger partial charge in [-0.3, -0.25) is 9.89 Å². The summed E-state index contributed by atoms with van der Waals surface area (Å²) >= 11 is 0. The van der Waals surface area contributed by atoms with Crippen LogP contribution in [0.15, 0.2) is 4.99 Å². The van der Waals surface area contributed by atoms with Gasteiger partial charge in [0.05, 0.1) is 0 Å². The number of likely N-dealkylation sites (N-methyl/N-ethyl adjacent to an activating group) is 1. The van der Waals surface area contributed by atoms with Crippen LogP contribution >= 0.6 is 0 Å². The van der Waals surface area contributed by atoms with Gasteiger partial charge in [0, 0.05) is 32.3 Å². The number of aliphatic hydroxyl groups excluding tert-OH is 1. The summed E-state index contributed by atoms with van der Waals surface area (Å²) in [6.07, 6.45) is 1.94. The van der Waals surface area contributed by atoms with Gasteiger partial charge in [0.15, 0.2) is 5.96 Å². The quantitative estimate of drug-likeness (QED) is 0.380. The van der Waals surface area contributed by atoms with E-state index in [4.69, 9.17) is 4.99 Å². The third-order valence-corrected chi connectivity index (χ3v) is 4.19. The molecule has 0 rings (SSSR count). The highest BCUT2D eigenvalue weighted by Crippen LogP contribution is 2.15. The predicted molar refractivity (Wildman–Crippen MR) is 101 cm³/mol. The Morgan fingerprint density at radius 3 is 2.22 bits per heavy atom. The molecule has 0 heterocycles. The van der Waals surface area contributed by atoms with Crippen LogP contribution in [0.5, 0.6) is 0 Å². The van der Waals surface area contributed by atoms with Crippen LogP contribution in [0.4, 0.5) is 0 Å². The summed E-state index contributed by atoms with van der Waals surface area (Å²) in [4.78, 5) is 7.17. The summed E-state index contributed by atoms with van der Waals surface area (Å²) in [5.74, 6) is 1.98. The zero-order valence-electron chi connectivity index (χ0n) is 16.2. The van der Waals surface area contributed by atoms with Gasteiger partial charge < -0.3 is 15.7 Å². The van der Waals surface area contributed by atoms with Crippen molar-refractivity contribution in [1.82, 2.24) is 15.5 Å². The van der Waals surface area contributed by atoms with Crippen molar-refractivity contribution in [3.63, 3.8) is 0 Å². The standard InChI is InChI=1S/C18H40N4O/c1-7-19-18(20-13-16(6)22(8-2)9-3)21-14-17(10-11-23)12-15(4)5/h15-17,23H,7-14H2,1-6H3,(H2,19,20,21). The minimum Gasteiger partial charge on any atom is -0.396 e. The predicted octanol–water partition coefficient (Wildman–Crippen LogP) is 2.32. The lowest BCUT2D eigenvalue weighted by molar-refractivity contribution is 0.231. The van der Waals surface area contributed by atoms with Crippen LogP contribution in [0.2, 0.25) is 0 Å². The third kappa shape index (κ3) is 10.6. The summed E-state index contributed by atoms with van der Waals surface area (Å²) in [6.45, 7) is 18.1. The van der Waals surface area contributed by atoms with Crippen molar-refractivity contribution in [3.05, 3.63) is 0 Å². The van der Waals surface area contributed by atoms with E-state index in [9.17, 15) is 5.11 Å². The highest BCUT2D eigenvalue weighted by molar-refractivity contribution is 5.79. The Morgan fingerprint density at radius 1 is 1.09 bits per heavy atom. The lowest BCUT2D eigenvalue weighted by atomic mass is 9.94. The Balaban J connectivity index is 4.56. The monoisotopic (exact) mass is 328 g/mol. The molecule has 138 valence electrons. The topological polar surface area (TPSA) is 59.9 Å².